The molecule has 0 spiro atoms. The molecule has 1 aliphatic heterocycles. The number of carbonyl (C=O) groups is 2. The summed E-state index contributed by atoms with van der Waals surface area (Å²) in [6.07, 6.45) is 2.01. The van der Waals surface area contributed by atoms with Gasteiger partial charge in [-0.1, -0.05) is 22.6 Å². The van der Waals surface area contributed by atoms with Crippen LogP contribution in [0.25, 0.3) is 10.2 Å². The third-order valence-electron chi connectivity index (χ3n) is 4.11. The predicted molar refractivity (Wildman–Crippen MR) is 128 cm³/mol. The molecule has 0 saturated carbocycles. The van der Waals surface area contributed by atoms with Crippen LogP contribution in [0.4, 0.5) is 0 Å². The molecular weight excluding hydrogens is 539 g/mol. The van der Waals surface area contributed by atoms with Crippen LogP contribution in [0.5, 0.6) is 5.75 Å². The van der Waals surface area contributed by atoms with Crippen LogP contribution in [0, 0.1) is 0 Å². The molecule has 0 saturated heterocycles. The molecule has 7 nitrogen and oxygen atoms in total. The van der Waals surface area contributed by atoms with Crippen molar-refractivity contribution in [2.24, 2.45) is 4.99 Å². The smallest absolute Gasteiger partial charge is 0.331 e. The van der Waals surface area contributed by atoms with Crippen LogP contribution in [0.2, 0.25) is 0 Å². The number of esters is 1. The van der Waals surface area contributed by atoms with E-state index < -0.39 is 12.0 Å². The Bertz CT molecular complexity index is 904. The lowest BCUT2D eigenvalue weighted by Gasteiger charge is -2.13. The number of nitrogens with zero attached hydrogens (tertiary/aromatic N) is 2. The molecule has 2 aromatic rings. The molecule has 0 fully saturated rings. The van der Waals surface area contributed by atoms with Gasteiger partial charge in [0.05, 0.1) is 22.9 Å². The number of halogens is 1. The summed E-state index contributed by atoms with van der Waals surface area (Å²) >= 11 is 5.35. The molecule has 30 heavy (non-hydrogen) atoms. The van der Waals surface area contributed by atoms with E-state index in [1.54, 1.807) is 0 Å². The maximum atomic E-state index is 12.0. The number of hydrogen-bond acceptors (Lipinski definition) is 9. The summed E-state index contributed by atoms with van der Waals surface area (Å²) in [6, 6.07) is 5.26. The highest BCUT2D eigenvalue weighted by Crippen LogP contribution is 2.32. The van der Waals surface area contributed by atoms with Crippen molar-refractivity contribution >= 4 is 73.2 Å². The van der Waals surface area contributed by atoms with Gasteiger partial charge in [-0.25, -0.2) is 9.78 Å². The number of thioether (sulfide) groups is 1. The van der Waals surface area contributed by atoms with Gasteiger partial charge < -0.3 is 19.0 Å². The number of rotatable bonds is 12. The van der Waals surface area contributed by atoms with Gasteiger partial charge in [0.15, 0.2) is 6.04 Å². The van der Waals surface area contributed by atoms with Crippen LogP contribution in [-0.2, 0) is 19.1 Å². The van der Waals surface area contributed by atoms with E-state index in [0.29, 0.717) is 12.4 Å². The van der Waals surface area contributed by atoms with E-state index in [4.69, 9.17) is 14.2 Å². The molecule has 0 N–H and O–H groups in total. The predicted octanol–water partition coefficient (Wildman–Crippen LogP) is 3.90. The summed E-state index contributed by atoms with van der Waals surface area (Å²) in [4.78, 5) is 31.5. The van der Waals surface area contributed by atoms with E-state index in [1.165, 1.54) is 23.1 Å². The minimum absolute atomic E-state index is 0.0353. The first-order chi connectivity index (χ1) is 14.6. The van der Waals surface area contributed by atoms with Gasteiger partial charge in [0, 0.05) is 23.2 Å². The van der Waals surface area contributed by atoms with Gasteiger partial charge in [-0.15, -0.1) is 23.1 Å². The number of benzene rings is 1. The number of aliphatic imine (C=N–C) groups is 1. The van der Waals surface area contributed by atoms with E-state index in [-0.39, 0.29) is 19.1 Å². The summed E-state index contributed by atoms with van der Waals surface area (Å²) in [5, 5.41) is 1.53. The maximum absolute atomic E-state index is 12.0. The molecule has 0 bridgehead atoms. The third kappa shape index (κ3) is 6.63. The number of hydrogen-bond donors (Lipinski definition) is 0. The maximum Gasteiger partial charge on any atom is 0.331 e. The summed E-state index contributed by atoms with van der Waals surface area (Å²) < 4.78 is 18.7. The monoisotopic (exact) mass is 562 g/mol. The first kappa shape index (κ1) is 23.4. The first-order valence-electron chi connectivity index (χ1n) is 9.63. The average Bonchev–Trinajstić information content (AvgIpc) is 3.39. The number of thiazole rings is 1. The molecule has 2 heterocycles. The molecule has 2 atom stereocenters. The van der Waals surface area contributed by atoms with Crippen LogP contribution < -0.4 is 4.74 Å². The van der Waals surface area contributed by atoms with Gasteiger partial charge in [-0.05, 0) is 31.5 Å². The molecule has 3 rings (SSSR count). The van der Waals surface area contributed by atoms with Crippen molar-refractivity contribution in [2.75, 3.05) is 30.0 Å². The second kappa shape index (κ2) is 12.0. The van der Waals surface area contributed by atoms with E-state index in [1.807, 2.05) is 25.1 Å². The lowest BCUT2D eigenvalue weighted by atomic mass is 10.3. The first-order valence-corrected chi connectivity index (χ1v) is 13.0. The number of alkyl halides is 1. The highest BCUT2D eigenvalue weighted by atomic mass is 127. The van der Waals surface area contributed by atoms with Crippen molar-refractivity contribution in [1.29, 1.82) is 0 Å². The number of ether oxygens (including phenoxy) is 3. The molecule has 10 heteroatoms. The molecule has 1 aliphatic rings. The second-order valence-electron chi connectivity index (χ2n) is 6.57. The van der Waals surface area contributed by atoms with Crippen molar-refractivity contribution in [3.05, 3.63) is 23.2 Å². The molecule has 0 amide bonds. The lowest BCUT2D eigenvalue weighted by molar-refractivity contribution is -0.144. The fourth-order valence-electron chi connectivity index (χ4n) is 2.60. The van der Waals surface area contributed by atoms with E-state index in [9.17, 15) is 9.59 Å². The zero-order valence-electron chi connectivity index (χ0n) is 16.5. The summed E-state index contributed by atoms with van der Waals surface area (Å²) in [5.41, 5.74) is 0.869. The van der Waals surface area contributed by atoms with Crippen LogP contribution in [0.1, 0.15) is 24.8 Å². The lowest BCUT2D eigenvalue weighted by Crippen LogP contribution is -2.22. The molecule has 0 radical (unpaired) electrons. The number of carbonyl (C=O) groups excluding carboxylic acids is 2. The Balaban J connectivity index is 1.60. The zero-order chi connectivity index (χ0) is 21.3. The molecule has 162 valence electrons. The Morgan fingerprint density at radius 3 is 3.07 bits per heavy atom. The SMILES string of the molecule is C[C@@H](COc1ccc2nc(C3=NC(C(=O)OCCC=O)CS3)sc2c1)OCCCI. The van der Waals surface area contributed by atoms with Crippen LogP contribution in [0.3, 0.4) is 0 Å². The topological polar surface area (TPSA) is 87.1 Å². The second-order valence-corrected chi connectivity index (χ2v) is 9.69. The minimum Gasteiger partial charge on any atom is -0.491 e. The molecule has 1 aromatic carbocycles. The Kier molecular flexibility index (Phi) is 9.34. The van der Waals surface area contributed by atoms with Gasteiger partial charge in [-0.3, -0.25) is 4.99 Å². The van der Waals surface area contributed by atoms with Crippen molar-refractivity contribution in [3.8, 4) is 5.75 Å². The Morgan fingerprint density at radius 2 is 2.27 bits per heavy atom. The van der Waals surface area contributed by atoms with Gasteiger partial charge in [0.1, 0.15) is 28.7 Å². The van der Waals surface area contributed by atoms with Gasteiger partial charge >= 0.3 is 5.97 Å². The average molecular weight is 562 g/mol. The third-order valence-corrected chi connectivity index (χ3v) is 7.08. The zero-order valence-corrected chi connectivity index (χ0v) is 20.3. The number of aldehydes is 1. The molecule has 1 aromatic heterocycles. The van der Waals surface area contributed by atoms with Gasteiger partial charge in [0.25, 0.3) is 0 Å². The summed E-state index contributed by atoms with van der Waals surface area (Å²) in [7, 11) is 0. The fourth-order valence-corrected chi connectivity index (χ4v) is 5.00. The van der Waals surface area contributed by atoms with E-state index in [0.717, 1.165) is 49.8 Å². The minimum atomic E-state index is -0.545. The standard InChI is InChI=1S/C20H23IN2O5S2/c1-13(26-8-2-6-21)11-28-14-4-5-15-17(10-14)30-19(22-15)18-23-16(12-29-18)20(25)27-9-3-7-24/h4-5,7,10,13,16H,2-3,6,8-9,11-12H2,1H3/t13-,16?/m0/s1. The van der Waals surface area contributed by atoms with Gasteiger partial charge in [-0.2, -0.15) is 0 Å². The normalized spacial score (nSPS) is 17.0. The van der Waals surface area contributed by atoms with Crippen molar-refractivity contribution < 1.29 is 23.8 Å². The number of fused-ring (bicyclic) bond motifs is 1. The number of aromatic nitrogens is 1. The molecular formula is C20H23IN2O5S2. The van der Waals surface area contributed by atoms with E-state index >= 15 is 0 Å². The Labute approximate surface area is 197 Å². The molecule has 1 unspecified atom stereocenters. The van der Waals surface area contributed by atoms with Crippen molar-refractivity contribution in [3.63, 3.8) is 0 Å². The quantitative estimate of drug-likeness (QED) is 0.128. The van der Waals surface area contributed by atoms with Crippen molar-refractivity contribution in [1.82, 2.24) is 4.98 Å². The van der Waals surface area contributed by atoms with Crippen LogP contribution in [0.15, 0.2) is 23.2 Å². The summed E-state index contributed by atoms with van der Waals surface area (Å²) in [5.74, 6) is 0.903. The highest BCUT2D eigenvalue weighted by molar-refractivity contribution is 14.1. The van der Waals surface area contributed by atoms with Crippen LogP contribution in [-0.4, -0.2) is 64.4 Å². The van der Waals surface area contributed by atoms with Gasteiger partial charge in [0.2, 0.25) is 0 Å². The van der Waals surface area contributed by atoms with Crippen LogP contribution >= 0.6 is 45.7 Å². The Hall–Kier alpha value is -1.24. The largest absolute Gasteiger partial charge is 0.491 e. The summed E-state index contributed by atoms with van der Waals surface area (Å²) in [6.45, 7) is 3.34. The van der Waals surface area contributed by atoms with Crippen molar-refractivity contribution in [2.45, 2.75) is 31.9 Å². The fraction of sp³-hybridized carbons (Fsp3) is 0.500. The van der Waals surface area contributed by atoms with E-state index in [2.05, 4.69) is 32.6 Å². The highest BCUT2D eigenvalue weighted by Gasteiger charge is 2.28. The molecule has 0 aliphatic carbocycles. The Morgan fingerprint density at radius 1 is 1.40 bits per heavy atom.